The van der Waals surface area contributed by atoms with E-state index in [1.54, 1.807) is 9.80 Å². The van der Waals surface area contributed by atoms with Gasteiger partial charge in [0.2, 0.25) is 5.91 Å². The number of carboxylic acids is 1. The molecule has 0 aliphatic carbocycles. The molecule has 1 aliphatic heterocycles. The summed E-state index contributed by atoms with van der Waals surface area (Å²) in [5, 5.41) is 11.5. The van der Waals surface area contributed by atoms with E-state index in [0.29, 0.717) is 32.6 Å². The standard InChI is InChI=1S/C12H21N3O4/c1-9(16)14-5-4-6-15(8-7-14)11(19)13-12(2,3)10(17)18/h4-8H2,1-3H3,(H,13,19)(H,17,18). The highest BCUT2D eigenvalue weighted by atomic mass is 16.4. The van der Waals surface area contributed by atoms with E-state index in [4.69, 9.17) is 5.11 Å². The average Bonchev–Trinajstić information content (AvgIpc) is 2.53. The van der Waals surface area contributed by atoms with Gasteiger partial charge in [-0.1, -0.05) is 0 Å². The Hall–Kier alpha value is -1.79. The second kappa shape index (κ2) is 5.90. The van der Waals surface area contributed by atoms with E-state index in [-0.39, 0.29) is 5.91 Å². The van der Waals surface area contributed by atoms with Crippen LogP contribution in [0.4, 0.5) is 4.79 Å². The third-order valence-corrected chi connectivity index (χ3v) is 3.18. The van der Waals surface area contributed by atoms with Crippen LogP contribution in [0.2, 0.25) is 0 Å². The Morgan fingerprint density at radius 3 is 2.11 bits per heavy atom. The second-order valence-electron chi connectivity index (χ2n) is 5.21. The fourth-order valence-corrected chi connectivity index (χ4v) is 1.84. The summed E-state index contributed by atoms with van der Waals surface area (Å²) < 4.78 is 0. The third-order valence-electron chi connectivity index (χ3n) is 3.18. The van der Waals surface area contributed by atoms with Gasteiger partial charge < -0.3 is 20.2 Å². The summed E-state index contributed by atoms with van der Waals surface area (Å²) >= 11 is 0. The fraction of sp³-hybridized carbons (Fsp3) is 0.750. The van der Waals surface area contributed by atoms with Crippen molar-refractivity contribution in [3.63, 3.8) is 0 Å². The first-order chi connectivity index (χ1) is 8.74. The molecule has 1 saturated heterocycles. The maximum absolute atomic E-state index is 12.0. The molecule has 0 aromatic rings. The van der Waals surface area contributed by atoms with Crippen LogP contribution in [-0.4, -0.2) is 64.5 Å². The molecule has 1 aliphatic rings. The first kappa shape index (κ1) is 15.3. The maximum atomic E-state index is 12.0. The molecular formula is C12H21N3O4. The SMILES string of the molecule is CC(=O)N1CCCN(C(=O)NC(C)(C)C(=O)O)CC1. The van der Waals surface area contributed by atoms with Crippen LogP contribution in [0.1, 0.15) is 27.2 Å². The number of aliphatic carboxylic acids is 1. The van der Waals surface area contributed by atoms with Crippen molar-refractivity contribution in [1.29, 1.82) is 0 Å². The molecule has 0 unspecified atom stereocenters. The summed E-state index contributed by atoms with van der Waals surface area (Å²) in [6, 6.07) is -0.405. The van der Waals surface area contributed by atoms with Crippen molar-refractivity contribution in [2.24, 2.45) is 0 Å². The van der Waals surface area contributed by atoms with E-state index in [9.17, 15) is 14.4 Å². The summed E-state index contributed by atoms with van der Waals surface area (Å²) in [6.07, 6.45) is 0.695. The van der Waals surface area contributed by atoms with Gasteiger partial charge in [0, 0.05) is 33.1 Å². The molecular weight excluding hydrogens is 250 g/mol. The molecule has 1 fully saturated rings. The van der Waals surface area contributed by atoms with Crippen LogP contribution in [0.5, 0.6) is 0 Å². The van der Waals surface area contributed by atoms with Crippen LogP contribution in [0, 0.1) is 0 Å². The summed E-state index contributed by atoms with van der Waals surface area (Å²) in [7, 11) is 0. The Morgan fingerprint density at radius 2 is 1.58 bits per heavy atom. The predicted molar refractivity (Wildman–Crippen MR) is 68.7 cm³/mol. The molecule has 1 rings (SSSR count). The minimum Gasteiger partial charge on any atom is -0.480 e. The van der Waals surface area contributed by atoms with Crippen molar-refractivity contribution < 1.29 is 19.5 Å². The number of rotatable bonds is 2. The summed E-state index contributed by atoms with van der Waals surface area (Å²) in [6.45, 7) is 6.42. The van der Waals surface area contributed by atoms with Gasteiger partial charge in [-0.15, -0.1) is 0 Å². The number of carbonyl (C=O) groups excluding carboxylic acids is 2. The molecule has 108 valence electrons. The molecule has 0 aromatic carbocycles. The molecule has 0 atom stereocenters. The Bertz CT molecular complexity index is 381. The van der Waals surface area contributed by atoms with Crippen LogP contribution < -0.4 is 5.32 Å². The fourth-order valence-electron chi connectivity index (χ4n) is 1.84. The number of nitrogens with one attached hydrogen (secondary N) is 1. The van der Waals surface area contributed by atoms with Gasteiger partial charge in [-0.2, -0.15) is 0 Å². The average molecular weight is 271 g/mol. The predicted octanol–water partition coefficient (Wildman–Crippen LogP) is 0.113. The summed E-state index contributed by atoms with van der Waals surface area (Å²) in [4.78, 5) is 37.5. The number of nitrogens with zero attached hydrogens (tertiary/aromatic N) is 2. The van der Waals surface area contributed by atoms with Gasteiger partial charge in [0.15, 0.2) is 0 Å². The topological polar surface area (TPSA) is 90.0 Å². The van der Waals surface area contributed by atoms with Gasteiger partial charge >= 0.3 is 12.0 Å². The molecule has 3 amide bonds. The minimum absolute atomic E-state index is 0.00637. The molecule has 2 N–H and O–H groups in total. The molecule has 19 heavy (non-hydrogen) atoms. The highest BCUT2D eigenvalue weighted by Gasteiger charge is 2.31. The lowest BCUT2D eigenvalue weighted by molar-refractivity contribution is -0.143. The Labute approximate surface area is 112 Å². The Morgan fingerprint density at radius 1 is 1.05 bits per heavy atom. The number of carboxylic acid groups (broad SMARTS) is 1. The van der Waals surface area contributed by atoms with Crippen molar-refractivity contribution in [3.05, 3.63) is 0 Å². The number of carbonyl (C=O) groups is 3. The zero-order valence-electron chi connectivity index (χ0n) is 11.6. The molecule has 7 nitrogen and oxygen atoms in total. The monoisotopic (exact) mass is 271 g/mol. The van der Waals surface area contributed by atoms with Crippen LogP contribution in [0.3, 0.4) is 0 Å². The molecule has 0 spiro atoms. The largest absolute Gasteiger partial charge is 0.480 e. The number of hydrogen-bond donors (Lipinski definition) is 2. The van der Waals surface area contributed by atoms with Gasteiger partial charge in [-0.25, -0.2) is 9.59 Å². The first-order valence-corrected chi connectivity index (χ1v) is 6.30. The van der Waals surface area contributed by atoms with Gasteiger partial charge in [0.1, 0.15) is 5.54 Å². The maximum Gasteiger partial charge on any atom is 0.328 e. The van der Waals surface area contributed by atoms with Crippen LogP contribution in [0.15, 0.2) is 0 Å². The van der Waals surface area contributed by atoms with Crippen LogP contribution >= 0.6 is 0 Å². The van der Waals surface area contributed by atoms with E-state index >= 15 is 0 Å². The summed E-state index contributed by atoms with van der Waals surface area (Å²) in [5.74, 6) is -1.09. The van der Waals surface area contributed by atoms with E-state index in [2.05, 4.69) is 5.32 Å². The van der Waals surface area contributed by atoms with Gasteiger partial charge in [-0.3, -0.25) is 4.79 Å². The van der Waals surface area contributed by atoms with E-state index < -0.39 is 17.5 Å². The first-order valence-electron chi connectivity index (χ1n) is 6.30. The van der Waals surface area contributed by atoms with Gasteiger partial charge in [0.05, 0.1) is 0 Å². The van der Waals surface area contributed by atoms with E-state index in [1.165, 1.54) is 20.8 Å². The zero-order chi connectivity index (χ0) is 14.6. The lowest BCUT2D eigenvalue weighted by Gasteiger charge is -2.27. The van der Waals surface area contributed by atoms with Gasteiger partial charge in [-0.05, 0) is 20.3 Å². The van der Waals surface area contributed by atoms with E-state index in [1.807, 2.05) is 0 Å². The van der Waals surface area contributed by atoms with Crippen molar-refractivity contribution >= 4 is 17.9 Å². The molecule has 0 bridgehead atoms. The highest BCUT2D eigenvalue weighted by molar-refractivity contribution is 5.85. The quantitative estimate of drug-likeness (QED) is 0.746. The minimum atomic E-state index is -1.30. The lowest BCUT2D eigenvalue weighted by atomic mass is 10.1. The second-order valence-corrected chi connectivity index (χ2v) is 5.21. The normalized spacial score (nSPS) is 16.8. The van der Waals surface area contributed by atoms with Crippen molar-refractivity contribution in [3.8, 4) is 0 Å². The Balaban J connectivity index is 2.59. The van der Waals surface area contributed by atoms with Crippen molar-refractivity contribution in [2.45, 2.75) is 32.7 Å². The molecule has 1 heterocycles. The van der Waals surface area contributed by atoms with E-state index in [0.717, 1.165) is 0 Å². The smallest absolute Gasteiger partial charge is 0.328 e. The number of amides is 3. The lowest BCUT2D eigenvalue weighted by Crippen LogP contribution is -2.54. The highest BCUT2D eigenvalue weighted by Crippen LogP contribution is 2.07. The van der Waals surface area contributed by atoms with Gasteiger partial charge in [0.25, 0.3) is 0 Å². The number of hydrogen-bond acceptors (Lipinski definition) is 3. The molecule has 0 saturated carbocycles. The summed E-state index contributed by atoms with van der Waals surface area (Å²) in [5.41, 5.74) is -1.30. The van der Waals surface area contributed by atoms with Crippen LogP contribution in [0.25, 0.3) is 0 Å². The van der Waals surface area contributed by atoms with Crippen molar-refractivity contribution in [2.75, 3.05) is 26.2 Å². The third kappa shape index (κ3) is 4.11. The zero-order valence-corrected chi connectivity index (χ0v) is 11.6. The molecule has 0 radical (unpaired) electrons. The Kier molecular flexibility index (Phi) is 4.74. The van der Waals surface area contributed by atoms with Crippen molar-refractivity contribution in [1.82, 2.24) is 15.1 Å². The molecule has 7 heteroatoms. The molecule has 0 aromatic heterocycles. The number of urea groups is 1. The van der Waals surface area contributed by atoms with Crippen LogP contribution in [-0.2, 0) is 9.59 Å².